The SMILES string of the molecule is O=C(NC1CCC(c2ccc(-c3nc4nc(OC5CO[C@@H]6C(O)CO[C@H]56)[nH]c4cc3Cl)cc2)CC1)OC1CCOCC1. The molecule has 1 aliphatic carbocycles. The van der Waals surface area contributed by atoms with Gasteiger partial charge in [0.2, 0.25) is 0 Å². The summed E-state index contributed by atoms with van der Waals surface area (Å²) in [7, 11) is 0. The Morgan fingerprint density at radius 3 is 2.55 bits per heavy atom. The van der Waals surface area contributed by atoms with Crippen LogP contribution in [0.5, 0.6) is 6.01 Å². The number of H-pyrrole nitrogens is 1. The summed E-state index contributed by atoms with van der Waals surface area (Å²) >= 11 is 6.64. The number of nitrogens with one attached hydrogen (secondary N) is 2. The first-order valence-corrected chi connectivity index (χ1v) is 15.2. The van der Waals surface area contributed by atoms with E-state index in [1.54, 1.807) is 6.07 Å². The first-order valence-electron chi connectivity index (χ1n) is 14.8. The van der Waals surface area contributed by atoms with Crippen LogP contribution in [0.15, 0.2) is 30.3 Å². The minimum absolute atomic E-state index is 0.0432. The van der Waals surface area contributed by atoms with Crippen LogP contribution in [-0.2, 0) is 18.9 Å². The Labute approximate surface area is 248 Å². The first kappa shape index (κ1) is 27.8. The van der Waals surface area contributed by atoms with Crippen molar-refractivity contribution in [1.29, 1.82) is 0 Å². The molecular weight excluding hydrogens is 564 g/mol. The highest BCUT2D eigenvalue weighted by Crippen LogP contribution is 2.36. The molecule has 3 saturated heterocycles. The maximum Gasteiger partial charge on any atom is 0.407 e. The maximum absolute atomic E-state index is 12.3. The zero-order chi connectivity index (χ0) is 28.6. The minimum Gasteiger partial charge on any atom is -0.456 e. The number of hydrogen-bond donors (Lipinski definition) is 3. The Balaban J connectivity index is 0.958. The molecule has 4 aliphatic rings. The number of amides is 1. The quantitative estimate of drug-likeness (QED) is 0.383. The van der Waals surface area contributed by atoms with E-state index in [-0.39, 0.29) is 43.2 Å². The van der Waals surface area contributed by atoms with Crippen LogP contribution in [-0.4, -0.2) is 89.1 Å². The summed E-state index contributed by atoms with van der Waals surface area (Å²) in [5.41, 5.74) is 3.99. The topological polar surface area (TPSA) is 137 Å². The van der Waals surface area contributed by atoms with Crippen molar-refractivity contribution in [1.82, 2.24) is 20.3 Å². The van der Waals surface area contributed by atoms with Crippen LogP contribution in [0.3, 0.4) is 0 Å². The van der Waals surface area contributed by atoms with E-state index in [0.29, 0.717) is 53.6 Å². The van der Waals surface area contributed by atoms with Gasteiger partial charge in [0.1, 0.15) is 24.4 Å². The number of hydrogen-bond acceptors (Lipinski definition) is 9. The van der Waals surface area contributed by atoms with Crippen LogP contribution in [0.4, 0.5) is 4.79 Å². The molecule has 42 heavy (non-hydrogen) atoms. The lowest BCUT2D eigenvalue weighted by atomic mass is 9.81. The summed E-state index contributed by atoms with van der Waals surface area (Å²) in [6, 6.07) is 10.6. The molecule has 3 N–H and O–H groups in total. The van der Waals surface area contributed by atoms with Crippen molar-refractivity contribution >= 4 is 28.9 Å². The highest BCUT2D eigenvalue weighted by molar-refractivity contribution is 6.33. The van der Waals surface area contributed by atoms with Gasteiger partial charge in [-0.2, -0.15) is 4.98 Å². The Morgan fingerprint density at radius 2 is 1.76 bits per heavy atom. The fraction of sp³-hybridized carbons (Fsp3) is 0.567. The number of pyridine rings is 1. The van der Waals surface area contributed by atoms with Gasteiger partial charge < -0.3 is 39.1 Å². The lowest BCUT2D eigenvalue weighted by molar-refractivity contribution is 0.000407. The molecule has 4 atom stereocenters. The van der Waals surface area contributed by atoms with Gasteiger partial charge in [0, 0.05) is 24.4 Å². The zero-order valence-electron chi connectivity index (χ0n) is 23.2. The number of carbonyl (C=O) groups is 1. The van der Waals surface area contributed by atoms with Crippen LogP contribution in [0.25, 0.3) is 22.4 Å². The van der Waals surface area contributed by atoms with Gasteiger partial charge in [-0.1, -0.05) is 35.9 Å². The second-order valence-electron chi connectivity index (χ2n) is 11.6. The number of nitrogens with zero attached hydrogens (tertiary/aromatic N) is 2. The fourth-order valence-electron chi connectivity index (χ4n) is 6.47. The summed E-state index contributed by atoms with van der Waals surface area (Å²) in [6.45, 7) is 1.85. The van der Waals surface area contributed by atoms with Crippen molar-refractivity contribution in [3.8, 4) is 17.3 Å². The molecule has 12 heteroatoms. The number of halogens is 1. The largest absolute Gasteiger partial charge is 0.456 e. The number of alkyl carbamates (subject to hydrolysis) is 1. The molecule has 3 aromatic rings. The second kappa shape index (κ2) is 12.0. The molecule has 4 fully saturated rings. The van der Waals surface area contributed by atoms with E-state index in [4.69, 9.17) is 40.3 Å². The lowest BCUT2D eigenvalue weighted by Crippen LogP contribution is -2.40. The Bertz CT molecular complexity index is 1400. The molecule has 1 amide bonds. The van der Waals surface area contributed by atoms with Crippen LogP contribution < -0.4 is 10.1 Å². The predicted octanol–water partition coefficient (Wildman–Crippen LogP) is 4.12. The van der Waals surface area contributed by atoms with E-state index >= 15 is 0 Å². The van der Waals surface area contributed by atoms with E-state index in [1.165, 1.54) is 5.56 Å². The number of aromatic nitrogens is 3. The molecule has 11 nitrogen and oxygen atoms in total. The molecule has 3 aliphatic heterocycles. The molecule has 2 aromatic heterocycles. The highest BCUT2D eigenvalue weighted by atomic mass is 35.5. The van der Waals surface area contributed by atoms with E-state index in [9.17, 15) is 9.90 Å². The molecule has 224 valence electrons. The normalized spacial score (nSPS) is 29.9. The molecule has 0 spiro atoms. The van der Waals surface area contributed by atoms with Crippen LogP contribution >= 0.6 is 11.6 Å². The van der Waals surface area contributed by atoms with Gasteiger partial charge in [0.15, 0.2) is 11.8 Å². The lowest BCUT2D eigenvalue weighted by Gasteiger charge is -2.30. The van der Waals surface area contributed by atoms with Gasteiger partial charge in [-0.05, 0) is 43.2 Å². The average molecular weight is 599 g/mol. The van der Waals surface area contributed by atoms with Gasteiger partial charge in [-0.15, -0.1) is 0 Å². The number of imidazole rings is 1. The van der Waals surface area contributed by atoms with Crippen molar-refractivity contribution in [2.75, 3.05) is 26.4 Å². The van der Waals surface area contributed by atoms with Gasteiger partial charge in [-0.25, -0.2) is 9.78 Å². The van der Waals surface area contributed by atoms with Crippen molar-refractivity contribution in [2.45, 2.75) is 81.0 Å². The monoisotopic (exact) mass is 598 g/mol. The predicted molar refractivity (Wildman–Crippen MR) is 153 cm³/mol. The molecule has 0 radical (unpaired) electrons. The van der Waals surface area contributed by atoms with E-state index in [1.807, 2.05) is 12.1 Å². The van der Waals surface area contributed by atoms with Gasteiger partial charge in [0.05, 0.1) is 42.7 Å². The second-order valence-corrected chi connectivity index (χ2v) is 12.0. The number of aliphatic hydroxyl groups is 1. The van der Waals surface area contributed by atoms with Gasteiger partial charge in [0.25, 0.3) is 6.01 Å². The summed E-state index contributed by atoms with van der Waals surface area (Å²) in [4.78, 5) is 24.7. The third kappa shape index (κ3) is 5.80. The Hall–Kier alpha value is -2.96. The van der Waals surface area contributed by atoms with Crippen LogP contribution in [0, 0.1) is 0 Å². The third-order valence-electron chi connectivity index (χ3n) is 8.80. The number of carbonyl (C=O) groups excluding carboxylic acids is 1. The highest BCUT2D eigenvalue weighted by Gasteiger charge is 2.48. The average Bonchev–Trinajstić information content (AvgIpc) is 3.70. The molecular formula is C30H35ClN4O7. The van der Waals surface area contributed by atoms with Crippen molar-refractivity contribution in [3.05, 3.63) is 40.9 Å². The van der Waals surface area contributed by atoms with E-state index < -0.39 is 6.10 Å². The van der Waals surface area contributed by atoms with Gasteiger partial charge >= 0.3 is 6.09 Å². The fourth-order valence-corrected chi connectivity index (χ4v) is 6.73. The maximum atomic E-state index is 12.3. The Kier molecular flexibility index (Phi) is 7.93. The molecule has 2 unspecified atom stereocenters. The number of aromatic amines is 1. The van der Waals surface area contributed by atoms with Crippen LogP contribution in [0.2, 0.25) is 5.02 Å². The summed E-state index contributed by atoms with van der Waals surface area (Å²) in [5, 5.41) is 13.5. The first-order chi connectivity index (χ1) is 20.5. The van der Waals surface area contributed by atoms with E-state index in [2.05, 4.69) is 27.4 Å². The summed E-state index contributed by atoms with van der Waals surface area (Å²) < 4.78 is 28.2. The van der Waals surface area contributed by atoms with Crippen molar-refractivity contribution in [2.24, 2.45) is 0 Å². The number of benzene rings is 1. The number of ether oxygens (including phenoxy) is 5. The molecule has 5 heterocycles. The minimum atomic E-state index is -0.640. The van der Waals surface area contributed by atoms with Crippen molar-refractivity contribution < 1.29 is 33.6 Å². The molecule has 7 rings (SSSR count). The summed E-state index contributed by atoms with van der Waals surface area (Å²) in [5.74, 6) is 0.435. The van der Waals surface area contributed by atoms with Crippen LogP contribution in [0.1, 0.15) is 50.0 Å². The molecule has 1 aromatic carbocycles. The standard InChI is InChI=1S/C30H35ClN4O7/c31-21-13-22-28(35-29(33-22)42-24-15-40-26-23(36)14-39-27(24)26)34-25(21)18-3-1-16(2-4-18)17-5-7-19(8-6-17)32-30(37)41-20-9-11-38-12-10-20/h1-4,13,17,19-20,23-24,26-27,36H,5-12,14-15H2,(H,32,37)(H,33,34,35)/t17?,19?,23?,24?,26-,27-/m1/s1. The number of rotatable bonds is 6. The van der Waals surface area contributed by atoms with Crippen molar-refractivity contribution in [3.63, 3.8) is 0 Å². The zero-order valence-corrected chi connectivity index (χ0v) is 23.9. The molecule has 1 saturated carbocycles. The number of fused-ring (bicyclic) bond motifs is 2. The smallest absolute Gasteiger partial charge is 0.407 e. The molecule has 0 bridgehead atoms. The van der Waals surface area contributed by atoms with Gasteiger partial charge in [-0.3, -0.25) is 0 Å². The number of aliphatic hydroxyl groups excluding tert-OH is 1. The van der Waals surface area contributed by atoms with E-state index in [0.717, 1.165) is 44.1 Å². The summed E-state index contributed by atoms with van der Waals surface area (Å²) in [6.07, 6.45) is 3.30. The Morgan fingerprint density at radius 1 is 1.00 bits per heavy atom. The third-order valence-corrected chi connectivity index (χ3v) is 9.08.